The molecule has 1 aliphatic carbocycles. The Balaban J connectivity index is 1.93. The Morgan fingerprint density at radius 2 is 1.47 bits per heavy atom. The second kappa shape index (κ2) is 7.00. The van der Waals surface area contributed by atoms with Crippen LogP contribution in [0.1, 0.15) is 37.4 Å². The van der Waals surface area contributed by atoms with Crippen LogP contribution in [0.5, 0.6) is 5.75 Å². The van der Waals surface area contributed by atoms with Gasteiger partial charge in [-0.25, -0.2) is 8.42 Å². The number of fused-ring (bicyclic) bond motifs is 2. The van der Waals surface area contributed by atoms with Gasteiger partial charge in [0.25, 0.3) is 10.0 Å². The minimum atomic E-state index is -4.03. The Labute approximate surface area is 173 Å². The van der Waals surface area contributed by atoms with Crippen molar-refractivity contribution in [1.82, 2.24) is 0 Å². The van der Waals surface area contributed by atoms with E-state index in [1.54, 1.807) is 24.3 Å². The summed E-state index contributed by atoms with van der Waals surface area (Å²) in [6, 6.07) is 13.9. The number of carbonyl (C=O) groups excluding carboxylic acids is 2. The zero-order valence-electron chi connectivity index (χ0n) is 16.2. The number of ether oxygens (including phenoxy) is 1. The quantitative estimate of drug-likeness (QED) is 0.488. The molecule has 3 N–H and O–H groups in total. The molecule has 0 bridgehead atoms. The SMILES string of the molecule is COc1cc(NS(=O)(=O)c2ccc(C)cc2)c2c(c1N)C(=O)c1ccccc1C2=O. The van der Waals surface area contributed by atoms with E-state index in [4.69, 9.17) is 10.5 Å². The number of nitrogens with two attached hydrogens (primary N) is 1. The predicted molar refractivity (Wildman–Crippen MR) is 113 cm³/mol. The van der Waals surface area contributed by atoms with Crippen LogP contribution in [-0.4, -0.2) is 27.1 Å². The van der Waals surface area contributed by atoms with Crippen molar-refractivity contribution < 1.29 is 22.7 Å². The van der Waals surface area contributed by atoms with E-state index in [-0.39, 0.29) is 44.3 Å². The number of aryl methyl sites for hydroxylation is 1. The first-order valence-electron chi connectivity index (χ1n) is 9.03. The van der Waals surface area contributed by atoms with Crippen molar-refractivity contribution in [1.29, 1.82) is 0 Å². The number of nitrogen functional groups attached to an aromatic ring is 1. The monoisotopic (exact) mass is 422 g/mol. The molecule has 8 heteroatoms. The standard InChI is InChI=1S/C22H18N2O5S/c1-12-7-9-13(10-8-12)30(27,28)24-16-11-17(29-2)20(23)19-18(16)21(25)14-5-3-4-6-15(14)22(19)26/h3-11,24H,23H2,1-2H3. The summed E-state index contributed by atoms with van der Waals surface area (Å²) < 4.78 is 33.5. The second-order valence-corrected chi connectivity index (χ2v) is 8.59. The fraction of sp³-hybridized carbons (Fsp3) is 0.0909. The molecule has 0 unspecified atom stereocenters. The highest BCUT2D eigenvalue weighted by molar-refractivity contribution is 7.92. The maximum absolute atomic E-state index is 13.2. The third-order valence-electron chi connectivity index (χ3n) is 5.00. The van der Waals surface area contributed by atoms with E-state index in [1.165, 1.54) is 37.4 Å². The summed E-state index contributed by atoms with van der Waals surface area (Å²) >= 11 is 0. The number of ketones is 2. The van der Waals surface area contributed by atoms with Gasteiger partial charge in [-0.15, -0.1) is 0 Å². The molecule has 0 aromatic heterocycles. The van der Waals surface area contributed by atoms with E-state index in [0.717, 1.165) is 5.56 Å². The van der Waals surface area contributed by atoms with Gasteiger partial charge in [-0.2, -0.15) is 0 Å². The summed E-state index contributed by atoms with van der Waals surface area (Å²) in [5.74, 6) is -0.862. The summed E-state index contributed by atoms with van der Waals surface area (Å²) in [6.45, 7) is 1.84. The molecule has 0 heterocycles. The smallest absolute Gasteiger partial charge is 0.261 e. The summed E-state index contributed by atoms with van der Waals surface area (Å²) in [6.07, 6.45) is 0. The lowest BCUT2D eigenvalue weighted by Gasteiger charge is -2.23. The van der Waals surface area contributed by atoms with E-state index in [9.17, 15) is 18.0 Å². The molecule has 152 valence electrons. The molecule has 0 atom stereocenters. The van der Waals surface area contributed by atoms with Gasteiger partial charge in [0.2, 0.25) is 0 Å². The Morgan fingerprint density at radius 1 is 0.900 bits per heavy atom. The first kappa shape index (κ1) is 19.7. The minimum absolute atomic E-state index is 0.0152. The number of nitrogens with one attached hydrogen (secondary N) is 1. The van der Waals surface area contributed by atoms with Crippen molar-refractivity contribution in [2.75, 3.05) is 17.6 Å². The van der Waals surface area contributed by atoms with Gasteiger partial charge < -0.3 is 10.5 Å². The van der Waals surface area contributed by atoms with Gasteiger partial charge >= 0.3 is 0 Å². The lowest BCUT2D eigenvalue weighted by Crippen LogP contribution is -2.25. The molecule has 7 nitrogen and oxygen atoms in total. The lowest BCUT2D eigenvalue weighted by atomic mass is 9.82. The van der Waals surface area contributed by atoms with Crippen LogP contribution in [0, 0.1) is 6.92 Å². The zero-order valence-corrected chi connectivity index (χ0v) is 17.0. The van der Waals surface area contributed by atoms with E-state index in [1.807, 2.05) is 6.92 Å². The highest BCUT2D eigenvalue weighted by Crippen LogP contribution is 2.41. The maximum atomic E-state index is 13.2. The van der Waals surface area contributed by atoms with E-state index in [2.05, 4.69) is 4.72 Å². The number of hydrogen-bond acceptors (Lipinski definition) is 6. The van der Waals surface area contributed by atoms with Gasteiger partial charge in [-0.1, -0.05) is 42.0 Å². The van der Waals surface area contributed by atoms with Crippen LogP contribution in [0.15, 0.2) is 59.5 Å². The lowest BCUT2D eigenvalue weighted by molar-refractivity contribution is 0.0980. The largest absolute Gasteiger partial charge is 0.494 e. The highest BCUT2D eigenvalue weighted by atomic mass is 32.2. The van der Waals surface area contributed by atoms with Crippen LogP contribution in [0.3, 0.4) is 0 Å². The van der Waals surface area contributed by atoms with E-state index >= 15 is 0 Å². The maximum Gasteiger partial charge on any atom is 0.261 e. The molecule has 0 spiro atoms. The number of rotatable bonds is 4. The molecule has 0 radical (unpaired) electrons. The molecule has 0 saturated heterocycles. The summed E-state index contributed by atoms with van der Waals surface area (Å²) in [7, 11) is -2.68. The summed E-state index contributed by atoms with van der Waals surface area (Å²) in [4.78, 5) is 26.3. The number of hydrogen-bond donors (Lipinski definition) is 2. The van der Waals surface area contributed by atoms with E-state index in [0.29, 0.717) is 0 Å². The molecule has 0 saturated carbocycles. The van der Waals surface area contributed by atoms with Crippen LogP contribution in [-0.2, 0) is 10.0 Å². The first-order chi connectivity index (χ1) is 14.2. The van der Waals surface area contributed by atoms with Crippen LogP contribution in [0.2, 0.25) is 0 Å². The molecule has 3 aromatic carbocycles. The van der Waals surface area contributed by atoms with Crippen LogP contribution < -0.4 is 15.2 Å². The Hall–Kier alpha value is -3.65. The zero-order chi connectivity index (χ0) is 21.6. The first-order valence-corrected chi connectivity index (χ1v) is 10.5. The number of anilines is 2. The van der Waals surface area contributed by atoms with Crippen molar-refractivity contribution in [2.24, 2.45) is 0 Å². The molecule has 1 aliphatic rings. The van der Waals surface area contributed by atoms with Gasteiger partial charge in [0.15, 0.2) is 11.6 Å². The average Bonchev–Trinajstić information content (AvgIpc) is 2.73. The van der Waals surface area contributed by atoms with Gasteiger partial charge in [0, 0.05) is 17.2 Å². The summed E-state index contributed by atoms with van der Waals surface area (Å²) in [5, 5.41) is 0. The van der Waals surface area contributed by atoms with Gasteiger partial charge in [0.05, 0.1) is 34.5 Å². The van der Waals surface area contributed by atoms with Crippen LogP contribution in [0.25, 0.3) is 0 Å². The molecule has 0 amide bonds. The fourth-order valence-corrected chi connectivity index (χ4v) is 4.53. The Morgan fingerprint density at radius 3 is 2.03 bits per heavy atom. The van der Waals surface area contributed by atoms with Crippen molar-refractivity contribution in [3.05, 3.63) is 82.4 Å². The topological polar surface area (TPSA) is 116 Å². The van der Waals surface area contributed by atoms with Crippen molar-refractivity contribution in [2.45, 2.75) is 11.8 Å². The molecule has 0 aliphatic heterocycles. The third-order valence-corrected chi connectivity index (χ3v) is 6.38. The van der Waals surface area contributed by atoms with E-state index < -0.39 is 21.6 Å². The minimum Gasteiger partial charge on any atom is -0.494 e. The molecule has 4 rings (SSSR count). The molecular formula is C22H18N2O5S. The van der Waals surface area contributed by atoms with Gasteiger partial charge in [-0.3, -0.25) is 14.3 Å². The van der Waals surface area contributed by atoms with Gasteiger partial charge in [0.1, 0.15) is 5.75 Å². The molecule has 0 fully saturated rings. The van der Waals surface area contributed by atoms with Crippen LogP contribution in [0.4, 0.5) is 11.4 Å². The Kier molecular flexibility index (Phi) is 4.58. The van der Waals surface area contributed by atoms with Crippen molar-refractivity contribution in [3.63, 3.8) is 0 Å². The van der Waals surface area contributed by atoms with Crippen molar-refractivity contribution >= 4 is 33.0 Å². The molecule has 3 aromatic rings. The predicted octanol–water partition coefficient (Wildman–Crippen LogP) is 3.16. The molecular weight excluding hydrogens is 404 g/mol. The number of sulfonamides is 1. The second-order valence-electron chi connectivity index (χ2n) is 6.91. The van der Waals surface area contributed by atoms with Crippen molar-refractivity contribution in [3.8, 4) is 5.75 Å². The normalized spacial score (nSPS) is 12.9. The number of carbonyl (C=O) groups is 2. The fourth-order valence-electron chi connectivity index (χ4n) is 3.46. The molecule has 30 heavy (non-hydrogen) atoms. The summed E-state index contributed by atoms with van der Waals surface area (Å²) in [5.41, 5.74) is 7.17. The highest BCUT2D eigenvalue weighted by Gasteiger charge is 2.36. The Bertz CT molecular complexity index is 1310. The van der Waals surface area contributed by atoms with Gasteiger partial charge in [-0.05, 0) is 19.1 Å². The average molecular weight is 422 g/mol. The number of benzene rings is 3. The third kappa shape index (κ3) is 3.02. The van der Waals surface area contributed by atoms with Crippen LogP contribution >= 0.6 is 0 Å². The number of methoxy groups -OCH3 is 1.